The van der Waals surface area contributed by atoms with Gasteiger partial charge in [0, 0.05) is 44.8 Å². The van der Waals surface area contributed by atoms with Crippen LogP contribution in [0.4, 0.5) is 5.69 Å². The van der Waals surface area contributed by atoms with Gasteiger partial charge >= 0.3 is 0 Å². The number of nitrogens with one attached hydrogen (secondary N) is 1. The number of hydrogen-bond donors (Lipinski definition) is 1. The van der Waals surface area contributed by atoms with E-state index in [4.69, 9.17) is 4.84 Å². The summed E-state index contributed by atoms with van der Waals surface area (Å²) in [4.78, 5) is 22.7. The molecule has 2 aliphatic rings. The van der Waals surface area contributed by atoms with Crippen LogP contribution in [0.25, 0.3) is 0 Å². The SMILES string of the molecule is O=C(NCCCCN1CCN(c2ccccc2)CC1)C1=NOC(c2ccccc2)C1. The molecule has 0 radical (unpaired) electrons. The van der Waals surface area contributed by atoms with Gasteiger partial charge in [-0.2, -0.15) is 0 Å². The number of anilines is 1. The number of piperazine rings is 1. The summed E-state index contributed by atoms with van der Waals surface area (Å²) in [5.74, 6) is -0.107. The third kappa shape index (κ3) is 5.39. The van der Waals surface area contributed by atoms with E-state index < -0.39 is 0 Å². The number of benzene rings is 2. The van der Waals surface area contributed by atoms with E-state index in [0.29, 0.717) is 18.7 Å². The molecule has 2 aromatic rings. The number of para-hydroxylation sites is 1. The Bertz CT molecular complexity index is 833. The summed E-state index contributed by atoms with van der Waals surface area (Å²) in [5, 5.41) is 6.98. The molecule has 30 heavy (non-hydrogen) atoms. The number of unbranched alkanes of at least 4 members (excludes halogenated alkanes) is 1. The zero-order chi connectivity index (χ0) is 20.6. The third-order valence-corrected chi connectivity index (χ3v) is 5.78. The van der Waals surface area contributed by atoms with Crippen LogP contribution in [0.1, 0.15) is 30.9 Å². The third-order valence-electron chi connectivity index (χ3n) is 5.78. The number of rotatable bonds is 8. The van der Waals surface area contributed by atoms with Crippen LogP contribution in [0.3, 0.4) is 0 Å². The highest BCUT2D eigenvalue weighted by molar-refractivity contribution is 6.39. The Hall–Kier alpha value is -2.86. The Kier molecular flexibility index (Phi) is 6.98. The van der Waals surface area contributed by atoms with E-state index in [9.17, 15) is 4.79 Å². The van der Waals surface area contributed by atoms with Crippen LogP contribution in [0, 0.1) is 0 Å². The predicted molar refractivity (Wildman–Crippen MR) is 120 cm³/mol. The molecule has 0 aliphatic carbocycles. The minimum atomic E-state index is -0.151. The summed E-state index contributed by atoms with van der Waals surface area (Å²) in [6, 6.07) is 20.5. The van der Waals surface area contributed by atoms with Gasteiger partial charge in [0.25, 0.3) is 5.91 Å². The Labute approximate surface area is 178 Å². The van der Waals surface area contributed by atoms with Crippen LogP contribution in [0.2, 0.25) is 0 Å². The Morgan fingerprint density at radius 1 is 0.967 bits per heavy atom. The summed E-state index contributed by atoms with van der Waals surface area (Å²) in [5.41, 5.74) is 2.85. The molecule has 1 atom stereocenters. The highest BCUT2D eigenvalue weighted by Crippen LogP contribution is 2.26. The average Bonchev–Trinajstić information content (AvgIpc) is 3.31. The molecule has 0 spiro atoms. The van der Waals surface area contributed by atoms with Gasteiger partial charge in [0.1, 0.15) is 5.71 Å². The van der Waals surface area contributed by atoms with Crippen molar-refractivity contribution < 1.29 is 9.63 Å². The molecule has 1 unspecified atom stereocenters. The fourth-order valence-corrected chi connectivity index (χ4v) is 3.99. The lowest BCUT2D eigenvalue weighted by Crippen LogP contribution is -2.46. The number of amides is 1. The van der Waals surface area contributed by atoms with Gasteiger partial charge in [-0.3, -0.25) is 9.69 Å². The first-order valence-corrected chi connectivity index (χ1v) is 10.9. The molecule has 4 rings (SSSR count). The van der Waals surface area contributed by atoms with Crippen molar-refractivity contribution in [2.45, 2.75) is 25.4 Å². The molecule has 158 valence electrons. The number of carbonyl (C=O) groups is 1. The van der Waals surface area contributed by atoms with Gasteiger partial charge in [-0.1, -0.05) is 53.7 Å². The van der Waals surface area contributed by atoms with E-state index in [0.717, 1.165) is 51.1 Å². The first-order valence-electron chi connectivity index (χ1n) is 10.9. The van der Waals surface area contributed by atoms with Crippen molar-refractivity contribution in [3.05, 3.63) is 66.2 Å². The molecule has 0 saturated carbocycles. The molecule has 1 saturated heterocycles. The molecule has 6 nitrogen and oxygen atoms in total. The lowest BCUT2D eigenvalue weighted by atomic mass is 10.0. The average molecular weight is 407 g/mol. The van der Waals surface area contributed by atoms with Gasteiger partial charge in [-0.25, -0.2) is 0 Å². The molecule has 6 heteroatoms. The van der Waals surface area contributed by atoms with Crippen molar-refractivity contribution in [1.29, 1.82) is 0 Å². The fraction of sp³-hybridized carbons (Fsp3) is 0.417. The van der Waals surface area contributed by atoms with Crippen molar-refractivity contribution in [1.82, 2.24) is 10.2 Å². The summed E-state index contributed by atoms with van der Waals surface area (Å²) >= 11 is 0. The lowest BCUT2D eigenvalue weighted by molar-refractivity contribution is -0.114. The second-order valence-corrected chi connectivity index (χ2v) is 7.87. The van der Waals surface area contributed by atoms with Crippen LogP contribution in [0.5, 0.6) is 0 Å². The van der Waals surface area contributed by atoms with E-state index in [2.05, 4.69) is 50.6 Å². The Balaban J connectivity index is 1.09. The van der Waals surface area contributed by atoms with Crippen molar-refractivity contribution in [3.63, 3.8) is 0 Å². The van der Waals surface area contributed by atoms with Crippen LogP contribution in [-0.2, 0) is 9.63 Å². The second kappa shape index (κ2) is 10.3. The minimum absolute atomic E-state index is 0.107. The molecule has 1 fully saturated rings. The Morgan fingerprint density at radius 2 is 1.67 bits per heavy atom. The van der Waals surface area contributed by atoms with Crippen molar-refractivity contribution in [2.24, 2.45) is 5.16 Å². The molecular weight excluding hydrogens is 376 g/mol. The lowest BCUT2D eigenvalue weighted by Gasteiger charge is -2.36. The first-order chi connectivity index (χ1) is 14.8. The monoisotopic (exact) mass is 406 g/mol. The molecule has 1 amide bonds. The van der Waals surface area contributed by atoms with Gasteiger partial charge in [0.2, 0.25) is 0 Å². The minimum Gasteiger partial charge on any atom is -0.387 e. The Morgan fingerprint density at radius 3 is 2.40 bits per heavy atom. The molecule has 0 aromatic heterocycles. The number of oxime groups is 1. The van der Waals surface area contributed by atoms with E-state index in [1.165, 1.54) is 5.69 Å². The van der Waals surface area contributed by atoms with Gasteiger partial charge < -0.3 is 15.1 Å². The van der Waals surface area contributed by atoms with Gasteiger partial charge in [-0.15, -0.1) is 0 Å². The molecular formula is C24H30N4O2. The molecule has 2 aromatic carbocycles. The van der Waals surface area contributed by atoms with E-state index >= 15 is 0 Å². The molecule has 0 bridgehead atoms. The summed E-state index contributed by atoms with van der Waals surface area (Å²) in [7, 11) is 0. The quantitative estimate of drug-likeness (QED) is 0.684. The topological polar surface area (TPSA) is 57.2 Å². The van der Waals surface area contributed by atoms with Crippen LogP contribution in [0.15, 0.2) is 65.8 Å². The summed E-state index contributed by atoms with van der Waals surface area (Å²) in [6.07, 6.45) is 2.44. The zero-order valence-corrected chi connectivity index (χ0v) is 17.4. The summed E-state index contributed by atoms with van der Waals surface area (Å²) < 4.78 is 0. The smallest absolute Gasteiger partial charge is 0.269 e. The number of nitrogens with zero attached hydrogens (tertiary/aromatic N) is 3. The maximum Gasteiger partial charge on any atom is 0.269 e. The van der Waals surface area contributed by atoms with Gasteiger partial charge in [-0.05, 0) is 37.1 Å². The predicted octanol–water partition coefficient (Wildman–Crippen LogP) is 3.22. The molecule has 2 aliphatic heterocycles. The standard InChI is InChI=1S/C24H30N4O2/c29-24(22-19-23(30-26-22)20-9-3-1-4-10-20)25-13-7-8-14-27-15-17-28(18-16-27)21-11-5-2-6-12-21/h1-6,9-12,23H,7-8,13-19H2,(H,25,29). The van der Waals surface area contributed by atoms with E-state index in [1.807, 2.05) is 30.3 Å². The van der Waals surface area contributed by atoms with Crippen LogP contribution < -0.4 is 10.2 Å². The molecule has 1 N–H and O–H groups in total. The van der Waals surface area contributed by atoms with Crippen molar-refractivity contribution in [2.75, 3.05) is 44.2 Å². The van der Waals surface area contributed by atoms with Crippen molar-refractivity contribution in [3.8, 4) is 0 Å². The highest BCUT2D eigenvalue weighted by Gasteiger charge is 2.27. The number of carbonyl (C=O) groups excluding carboxylic acids is 1. The first kappa shape index (κ1) is 20.4. The second-order valence-electron chi connectivity index (χ2n) is 7.87. The zero-order valence-electron chi connectivity index (χ0n) is 17.4. The summed E-state index contributed by atoms with van der Waals surface area (Å²) in [6.45, 7) is 6.09. The number of hydrogen-bond acceptors (Lipinski definition) is 5. The highest BCUT2D eigenvalue weighted by atomic mass is 16.6. The van der Waals surface area contributed by atoms with Gasteiger partial charge in [0.15, 0.2) is 6.10 Å². The normalized spacial score (nSPS) is 19.3. The fourth-order valence-electron chi connectivity index (χ4n) is 3.99. The largest absolute Gasteiger partial charge is 0.387 e. The van der Waals surface area contributed by atoms with Crippen LogP contribution in [-0.4, -0.2) is 55.8 Å². The van der Waals surface area contributed by atoms with E-state index in [-0.39, 0.29) is 12.0 Å². The van der Waals surface area contributed by atoms with Crippen molar-refractivity contribution >= 4 is 17.3 Å². The maximum absolute atomic E-state index is 12.3. The van der Waals surface area contributed by atoms with Gasteiger partial charge in [0.05, 0.1) is 0 Å². The van der Waals surface area contributed by atoms with E-state index in [1.54, 1.807) is 0 Å². The van der Waals surface area contributed by atoms with Crippen LogP contribution >= 0.6 is 0 Å². The molecule has 2 heterocycles. The maximum atomic E-state index is 12.3.